The van der Waals surface area contributed by atoms with E-state index in [0.717, 1.165) is 6.54 Å². The number of hydrogen-bond donors (Lipinski definition) is 1. The van der Waals surface area contributed by atoms with Gasteiger partial charge in [0, 0.05) is 12.1 Å². The first-order chi connectivity index (χ1) is 3.50. The molecule has 0 saturated carbocycles. The van der Waals surface area contributed by atoms with Crippen LogP contribution in [0.5, 0.6) is 0 Å². The zero-order valence-corrected chi connectivity index (χ0v) is 3.76. The molecular formula is C4H5N3. The van der Waals surface area contributed by atoms with Gasteiger partial charge in [0.1, 0.15) is 0 Å². The van der Waals surface area contributed by atoms with Crippen molar-refractivity contribution in [2.75, 3.05) is 6.54 Å². The van der Waals surface area contributed by atoms with Gasteiger partial charge >= 0.3 is 0 Å². The number of nitrogens with zero attached hydrogens (tertiary/aromatic N) is 2. The van der Waals surface area contributed by atoms with E-state index < -0.39 is 0 Å². The Morgan fingerprint density at radius 2 is 2.71 bits per heavy atom. The highest BCUT2D eigenvalue weighted by molar-refractivity contribution is 5.63. The second-order valence-electron chi connectivity index (χ2n) is 1.08. The van der Waals surface area contributed by atoms with E-state index in [1.165, 1.54) is 0 Å². The fourth-order valence-corrected chi connectivity index (χ4v) is 0.301. The molecule has 0 amide bonds. The highest BCUT2D eigenvalue weighted by Gasteiger charge is 1.73. The Morgan fingerprint density at radius 1 is 1.71 bits per heavy atom. The molecule has 0 aromatic carbocycles. The van der Waals surface area contributed by atoms with E-state index in [1.54, 1.807) is 12.4 Å². The lowest BCUT2D eigenvalue weighted by molar-refractivity contribution is 1.04. The van der Waals surface area contributed by atoms with Crippen molar-refractivity contribution in [1.29, 1.82) is 0 Å². The van der Waals surface area contributed by atoms with Crippen molar-refractivity contribution in [3.05, 3.63) is 6.20 Å². The normalized spacial score (nSPS) is 16.0. The molecule has 0 radical (unpaired) electrons. The molecule has 0 saturated heterocycles. The number of hydrogen-bond acceptors (Lipinski definition) is 3. The molecule has 3 nitrogen and oxygen atoms in total. The minimum Gasteiger partial charge on any atom is -0.378 e. The standard InChI is InChI=1S/C4H5N3/c1-3-6-7-4-2-5-1/h1,4-5H,2H2. The summed E-state index contributed by atoms with van der Waals surface area (Å²) < 4.78 is 0. The van der Waals surface area contributed by atoms with Gasteiger partial charge in [-0.25, -0.2) is 0 Å². The van der Waals surface area contributed by atoms with Gasteiger partial charge < -0.3 is 5.32 Å². The predicted molar refractivity (Wildman–Crippen MR) is 28.5 cm³/mol. The lowest BCUT2D eigenvalue weighted by Crippen LogP contribution is -2.05. The van der Waals surface area contributed by atoms with Crippen LogP contribution in [0.2, 0.25) is 0 Å². The van der Waals surface area contributed by atoms with Gasteiger partial charge in [0.15, 0.2) is 0 Å². The van der Waals surface area contributed by atoms with Gasteiger partial charge in [-0.3, -0.25) is 0 Å². The molecule has 1 aliphatic rings. The van der Waals surface area contributed by atoms with E-state index in [9.17, 15) is 0 Å². The summed E-state index contributed by atoms with van der Waals surface area (Å²) >= 11 is 0. The lowest BCUT2D eigenvalue weighted by Gasteiger charge is -1.82. The zero-order valence-electron chi connectivity index (χ0n) is 3.76. The van der Waals surface area contributed by atoms with Crippen molar-refractivity contribution in [2.24, 2.45) is 10.2 Å². The fraction of sp³-hybridized carbons (Fsp3) is 0.250. The molecule has 0 aromatic heterocycles. The van der Waals surface area contributed by atoms with Gasteiger partial charge in [-0.1, -0.05) is 0 Å². The SMILES string of the molecule is C1=CNCC=NN=1. The Bertz CT molecular complexity index is 130. The van der Waals surface area contributed by atoms with E-state index in [-0.39, 0.29) is 0 Å². The molecule has 0 atom stereocenters. The Balaban J connectivity index is 2.65. The van der Waals surface area contributed by atoms with E-state index in [1.807, 2.05) is 0 Å². The maximum atomic E-state index is 3.57. The summed E-state index contributed by atoms with van der Waals surface area (Å²) in [4.78, 5) is 0. The first-order valence-corrected chi connectivity index (χ1v) is 2.02. The maximum Gasteiger partial charge on any atom is 0.0618 e. The smallest absolute Gasteiger partial charge is 0.0618 e. The Kier molecular flexibility index (Phi) is 1.26. The molecule has 3 heteroatoms. The molecule has 0 bridgehead atoms. The van der Waals surface area contributed by atoms with Crippen LogP contribution >= 0.6 is 0 Å². The third-order valence-electron chi connectivity index (χ3n) is 0.573. The van der Waals surface area contributed by atoms with Crippen LogP contribution in [-0.4, -0.2) is 18.6 Å². The first-order valence-electron chi connectivity index (χ1n) is 2.02. The van der Waals surface area contributed by atoms with E-state index in [2.05, 4.69) is 21.4 Å². The van der Waals surface area contributed by atoms with E-state index >= 15 is 0 Å². The van der Waals surface area contributed by atoms with Crippen molar-refractivity contribution in [1.82, 2.24) is 5.32 Å². The Hall–Kier alpha value is -1.08. The average molecular weight is 95.1 g/mol. The minimum absolute atomic E-state index is 0.747. The van der Waals surface area contributed by atoms with Crippen LogP contribution in [0.25, 0.3) is 0 Å². The predicted octanol–water partition coefficient (Wildman–Crippen LogP) is -0.241. The Labute approximate surface area is 41.4 Å². The van der Waals surface area contributed by atoms with Gasteiger partial charge in [-0.2, -0.15) is 5.10 Å². The second kappa shape index (κ2) is 2.16. The quantitative estimate of drug-likeness (QED) is 0.443. The van der Waals surface area contributed by atoms with Crippen LogP contribution in [0.4, 0.5) is 0 Å². The van der Waals surface area contributed by atoms with Crippen LogP contribution in [0, 0.1) is 0 Å². The molecule has 1 N–H and O–H groups in total. The fourth-order valence-electron chi connectivity index (χ4n) is 0.301. The number of nitrogens with one attached hydrogen (secondary N) is 1. The first kappa shape index (κ1) is 4.09. The third kappa shape index (κ3) is 1.20. The molecular weight excluding hydrogens is 90.1 g/mol. The van der Waals surface area contributed by atoms with Crippen LogP contribution < -0.4 is 5.32 Å². The number of rotatable bonds is 0. The largest absolute Gasteiger partial charge is 0.378 e. The monoisotopic (exact) mass is 95.0 g/mol. The van der Waals surface area contributed by atoms with Crippen LogP contribution in [-0.2, 0) is 0 Å². The summed E-state index contributed by atoms with van der Waals surface area (Å²) in [5, 5.41) is 9.91. The van der Waals surface area contributed by atoms with Crippen molar-refractivity contribution in [3.8, 4) is 0 Å². The minimum atomic E-state index is 0.747. The lowest BCUT2D eigenvalue weighted by atomic mass is 10.7. The zero-order chi connectivity index (χ0) is 4.95. The summed E-state index contributed by atoms with van der Waals surface area (Å²) in [6, 6.07) is 0. The summed E-state index contributed by atoms with van der Waals surface area (Å²) in [5.41, 5.74) is 0. The second-order valence-corrected chi connectivity index (χ2v) is 1.08. The van der Waals surface area contributed by atoms with Gasteiger partial charge in [-0.05, 0) is 0 Å². The van der Waals surface area contributed by atoms with Crippen LogP contribution in [0.15, 0.2) is 16.4 Å². The molecule has 0 unspecified atom stereocenters. The molecule has 36 valence electrons. The molecule has 7 heavy (non-hydrogen) atoms. The maximum absolute atomic E-state index is 3.57. The summed E-state index contributed by atoms with van der Waals surface area (Å²) in [6.07, 6.45) is 3.31. The van der Waals surface area contributed by atoms with E-state index in [0.29, 0.717) is 0 Å². The average Bonchev–Trinajstić information content (AvgIpc) is 1.90. The van der Waals surface area contributed by atoms with Gasteiger partial charge in [-0.15, -0.1) is 5.10 Å². The topological polar surface area (TPSA) is 36.8 Å². The van der Waals surface area contributed by atoms with Gasteiger partial charge in [0.05, 0.1) is 12.7 Å². The molecule has 1 rings (SSSR count). The summed E-state index contributed by atoms with van der Waals surface area (Å²) in [7, 11) is 0. The van der Waals surface area contributed by atoms with Crippen molar-refractivity contribution < 1.29 is 0 Å². The van der Waals surface area contributed by atoms with E-state index in [4.69, 9.17) is 0 Å². The van der Waals surface area contributed by atoms with Gasteiger partial charge in [0.25, 0.3) is 0 Å². The van der Waals surface area contributed by atoms with Crippen molar-refractivity contribution in [2.45, 2.75) is 0 Å². The summed E-state index contributed by atoms with van der Waals surface area (Å²) in [6.45, 7) is 0.747. The summed E-state index contributed by atoms with van der Waals surface area (Å²) in [5.74, 6) is 2.54. The van der Waals surface area contributed by atoms with Crippen LogP contribution in [0.1, 0.15) is 0 Å². The highest BCUT2D eigenvalue weighted by atomic mass is 15.2. The highest BCUT2D eigenvalue weighted by Crippen LogP contribution is 1.66. The van der Waals surface area contributed by atoms with Crippen molar-refractivity contribution >= 4 is 12.1 Å². The molecule has 0 aliphatic carbocycles. The molecule has 0 spiro atoms. The van der Waals surface area contributed by atoms with Crippen LogP contribution in [0.3, 0.4) is 0 Å². The van der Waals surface area contributed by atoms with Gasteiger partial charge in [0.2, 0.25) is 0 Å². The molecule has 1 aliphatic heterocycles. The van der Waals surface area contributed by atoms with Crippen molar-refractivity contribution in [3.63, 3.8) is 0 Å². The third-order valence-corrected chi connectivity index (χ3v) is 0.573. The Morgan fingerprint density at radius 3 is 3.71 bits per heavy atom. The molecule has 0 fully saturated rings. The molecule has 1 heterocycles. The molecule has 0 aromatic rings.